The Kier molecular flexibility index (Phi) is 23.2. The van der Waals surface area contributed by atoms with Gasteiger partial charge in [-0.1, -0.05) is 0 Å². The van der Waals surface area contributed by atoms with Crippen LogP contribution in [0.15, 0.2) is 0 Å². The molecule has 0 amide bonds. The summed E-state index contributed by atoms with van der Waals surface area (Å²) in [5.74, 6) is 0. The Bertz CT molecular complexity index is 26.5. The first-order chi connectivity index (χ1) is 3.46. The summed E-state index contributed by atoms with van der Waals surface area (Å²) in [5, 5.41) is 0. The Balaban J connectivity index is -0.0000000720. The minimum absolute atomic E-state index is 0. The van der Waals surface area contributed by atoms with Crippen LogP contribution in [0.2, 0.25) is 0 Å². The van der Waals surface area contributed by atoms with Crippen LogP contribution in [0.4, 0.5) is 0 Å². The van der Waals surface area contributed by atoms with Crippen molar-refractivity contribution >= 4 is 46.8 Å². The van der Waals surface area contributed by atoms with Gasteiger partial charge in [0, 0.05) is 0 Å². The predicted molar refractivity (Wildman–Crippen MR) is 34.3 cm³/mol. The number of rotatable bonds is 0. The summed E-state index contributed by atoms with van der Waals surface area (Å²) in [7, 11) is -5.24. The normalized spacial score (nSPS) is 8.00. The average Bonchev–Trinajstić information content (AvgIpc) is 1.25. The summed E-state index contributed by atoms with van der Waals surface area (Å²) in [6, 6.07) is 0. The molecule has 0 aliphatic rings. The second-order valence-electron chi connectivity index (χ2n) is 0.537. The molecule has 6 N–H and O–H groups in total. The van der Waals surface area contributed by atoms with E-state index in [-0.39, 0.29) is 29.6 Å². The number of hydrogen-bond donors (Lipinski definition) is 6. The molecule has 0 atom stereocenters. The Labute approximate surface area is 76.1 Å². The molecule has 54 valence electrons. The van der Waals surface area contributed by atoms with E-state index in [0.29, 0.717) is 0 Å². The molecular weight excluding hydrogens is 181 g/mol. The molecule has 6 nitrogen and oxygen atoms in total. The van der Waals surface area contributed by atoms with E-state index in [9.17, 15) is 0 Å². The van der Waals surface area contributed by atoms with Crippen LogP contribution in [0.5, 0.6) is 0 Å². The van der Waals surface area contributed by atoms with E-state index >= 15 is 0 Å². The molecule has 0 heterocycles. The fourth-order valence-electron chi connectivity index (χ4n) is 0. The van der Waals surface area contributed by atoms with Crippen LogP contribution in [0.1, 0.15) is 0 Å². The monoisotopic (exact) mass is 188 g/mol. The molecule has 0 fully saturated rings. The maximum atomic E-state index is 7.23. The van der Waals surface area contributed by atoms with Gasteiger partial charge in [-0.15, -0.1) is 0 Å². The fraction of sp³-hybridized carbons (Fsp3) is 0. The third-order valence-electron chi connectivity index (χ3n) is 0. The van der Waals surface area contributed by atoms with Crippen molar-refractivity contribution in [3.8, 4) is 0 Å². The van der Waals surface area contributed by atoms with Crippen LogP contribution in [0, 0.1) is 0 Å². The quantitative estimate of drug-likeness (QED) is 0.188. The summed E-state index contributed by atoms with van der Waals surface area (Å²) in [6.45, 7) is 0. The Morgan fingerprint density at radius 3 is 0.556 bits per heavy atom. The van der Waals surface area contributed by atoms with Crippen molar-refractivity contribution in [3.63, 3.8) is 0 Å². The molecule has 0 aromatic carbocycles. The first kappa shape index (κ1) is 16.9. The average molecular weight is 188 g/mol. The second-order valence-corrected chi connectivity index (χ2v) is 1.61. The van der Waals surface area contributed by atoms with Crippen LogP contribution in [-0.2, 0) is 0 Å². The van der Waals surface area contributed by atoms with Crippen LogP contribution in [-0.4, -0.2) is 58.9 Å². The zero-order chi connectivity index (χ0) is 7.15. The summed E-state index contributed by atoms with van der Waals surface area (Å²) in [4.78, 5) is 43.4. The van der Waals surface area contributed by atoms with Gasteiger partial charge in [0.15, 0.2) is 0 Å². The fourth-order valence-corrected chi connectivity index (χ4v) is 0. The van der Waals surface area contributed by atoms with E-state index in [2.05, 4.69) is 0 Å². The van der Waals surface area contributed by atoms with E-state index < -0.39 is 17.2 Å². The van der Waals surface area contributed by atoms with E-state index in [0.717, 1.165) is 0 Å². The SMILES string of the molecule is OP(O)O.OP(O)O.[NaH]. The summed E-state index contributed by atoms with van der Waals surface area (Å²) < 4.78 is 0. The first-order valence-electron chi connectivity index (χ1n) is 1.20. The van der Waals surface area contributed by atoms with Crippen LogP contribution in [0.25, 0.3) is 0 Å². The molecule has 0 unspecified atom stereocenters. The standard InChI is InChI=1S/Na.2H3O3P.H/c;2*1-4(2)3;/h;2*1-3H;. The molecule has 0 saturated carbocycles. The van der Waals surface area contributed by atoms with Gasteiger partial charge in [0.2, 0.25) is 0 Å². The zero-order valence-corrected chi connectivity index (χ0v) is 5.37. The van der Waals surface area contributed by atoms with Crippen molar-refractivity contribution < 1.29 is 29.4 Å². The Morgan fingerprint density at radius 2 is 0.556 bits per heavy atom. The molecule has 0 spiro atoms. The minimum atomic E-state index is -2.62. The van der Waals surface area contributed by atoms with Crippen molar-refractivity contribution in [2.24, 2.45) is 0 Å². The predicted octanol–water partition coefficient (Wildman–Crippen LogP) is -2.27. The van der Waals surface area contributed by atoms with Crippen LogP contribution in [0.3, 0.4) is 0 Å². The summed E-state index contributed by atoms with van der Waals surface area (Å²) >= 11 is 0. The van der Waals surface area contributed by atoms with Gasteiger partial charge < -0.3 is 29.4 Å². The number of hydrogen-bond acceptors (Lipinski definition) is 6. The van der Waals surface area contributed by atoms with Crippen molar-refractivity contribution in [3.05, 3.63) is 0 Å². The van der Waals surface area contributed by atoms with Gasteiger partial charge in [0.25, 0.3) is 0 Å². The molecule has 9 heavy (non-hydrogen) atoms. The maximum absolute atomic E-state index is 7.23. The van der Waals surface area contributed by atoms with Gasteiger partial charge in [-0.2, -0.15) is 0 Å². The molecule has 0 aromatic rings. The van der Waals surface area contributed by atoms with E-state index in [4.69, 9.17) is 29.4 Å². The molecular formula is H7NaO6P2. The molecule has 0 radical (unpaired) electrons. The molecule has 0 aliphatic carbocycles. The molecule has 0 bridgehead atoms. The van der Waals surface area contributed by atoms with Gasteiger partial charge in [0.05, 0.1) is 0 Å². The summed E-state index contributed by atoms with van der Waals surface area (Å²) in [6.07, 6.45) is 0. The van der Waals surface area contributed by atoms with Crippen molar-refractivity contribution in [1.29, 1.82) is 0 Å². The van der Waals surface area contributed by atoms with Gasteiger partial charge in [-0.3, -0.25) is 0 Å². The molecule has 0 saturated heterocycles. The molecule has 0 rings (SSSR count). The molecule has 0 aliphatic heterocycles. The molecule has 9 heteroatoms. The van der Waals surface area contributed by atoms with E-state index in [1.54, 1.807) is 0 Å². The van der Waals surface area contributed by atoms with Gasteiger partial charge in [0.1, 0.15) is 0 Å². The Hall–Kier alpha value is 1.62. The third-order valence-corrected chi connectivity index (χ3v) is 0. The first-order valence-corrected chi connectivity index (χ1v) is 3.60. The third kappa shape index (κ3) is 213. The van der Waals surface area contributed by atoms with Crippen molar-refractivity contribution in [2.75, 3.05) is 0 Å². The van der Waals surface area contributed by atoms with Gasteiger partial charge >= 0.3 is 46.8 Å². The van der Waals surface area contributed by atoms with Crippen molar-refractivity contribution in [2.45, 2.75) is 0 Å². The topological polar surface area (TPSA) is 121 Å². The van der Waals surface area contributed by atoms with Gasteiger partial charge in [-0.25, -0.2) is 0 Å². The second kappa shape index (κ2) is 12.3. The molecule has 0 aromatic heterocycles. The van der Waals surface area contributed by atoms with E-state index in [1.807, 2.05) is 0 Å². The zero-order valence-electron chi connectivity index (χ0n) is 3.58. The van der Waals surface area contributed by atoms with Gasteiger partial charge in [-0.05, 0) is 0 Å². The van der Waals surface area contributed by atoms with Crippen molar-refractivity contribution in [1.82, 2.24) is 0 Å². The summed E-state index contributed by atoms with van der Waals surface area (Å²) in [5.41, 5.74) is 0. The van der Waals surface area contributed by atoms with Crippen LogP contribution < -0.4 is 0 Å². The van der Waals surface area contributed by atoms with Crippen LogP contribution >= 0.6 is 17.2 Å². The van der Waals surface area contributed by atoms with E-state index in [1.165, 1.54) is 0 Å². The Morgan fingerprint density at radius 1 is 0.556 bits per heavy atom.